The maximum atomic E-state index is 12.1. The highest BCUT2D eigenvalue weighted by Gasteiger charge is 2.21. The molecule has 2 aromatic rings. The van der Waals surface area contributed by atoms with Crippen molar-refractivity contribution in [3.8, 4) is 0 Å². The van der Waals surface area contributed by atoms with Crippen molar-refractivity contribution >= 4 is 23.3 Å². The zero-order valence-corrected chi connectivity index (χ0v) is 12.6. The molecule has 0 aromatic carbocycles. The summed E-state index contributed by atoms with van der Waals surface area (Å²) in [4.78, 5) is 33.9. The Morgan fingerprint density at radius 3 is 2.65 bits per heavy atom. The Hall–Kier alpha value is -3.24. The summed E-state index contributed by atoms with van der Waals surface area (Å²) in [5.41, 5.74) is 0.353. The van der Waals surface area contributed by atoms with Crippen LogP contribution in [0.25, 0.3) is 0 Å². The van der Waals surface area contributed by atoms with E-state index in [4.69, 9.17) is 0 Å². The van der Waals surface area contributed by atoms with Crippen molar-refractivity contribution in [2.24, 2.45) is 7.05 Å². The SMILES string of the molecule is COC(=O)c1c(NC(=O)Cn2ncc([N+](=O)[O-])c2C)cnn1C. The summed E-state index contributed by atoms with van der Waals surface area (Å²) >= 11 is 0. The summed E-state index contributed by atoms with van der Waals surface area (Å²) in [6.07, 6.45) is 2.38. The van der Waals surface area contributed by atoms with Crippen molar-refractivity contribution < 1.29 is 19.2 Å². The number of carbonyl (C=O) groups is 2. The first-order valence-corrected chi connectivity index (χ1v) is 6.42. The molecule has 0 saturated heterocycles. The molecular weight excluding hydrogens is 308 g/mol. The van der Waals surface area contributed by atoms with Gasteiger partial charge in [-0.05, 0) is 6.92 Å². The molecule has 0 aliphatic rings. The van der Waals surface area contributed by atoms with E-state index in [1.54, 1.807) is 0 Å². The molecule has 0 fully saturated rings. The first kappa shape index (κ1) is 16.1. The number of carbonyl (C=O) groups excluding carboxylic acids is 2. The van der Waals surface area contributed by atoms with Gasteiger partial charge in [-0.1, -0.05) is 0 Å². The number of amides is 1. The van der Waals surface area contributed by atoms with Crippen LogP contribution in [-0.4, -0.2) is 43.5 Å². The van der Waals surface area contributed by atoms with E-state index in [9.17, 15) is 19.7 Å². The summed E-state index contributed by atoms with van der Waals surface area (Å²) in [5, 5.41) is 20.9. The van der Waals surface area contributed by atoms with E-state index in [-0.39, 0.29) is 29.3 Å². The molecule has 0 aliphatic carbocycles. The molecule has 1 N–H and O–H groups in total. The second-order valence-corrected chi connectivity index (χ2v) is 4.60. The van der Waals surface area contributed by atoms with E-state index in [2.05, 4.69) is 20.3 Å². The minimum atomic E-state index is -0.647. The number of hydrogen-bond acceptors (Lipinski definition) is 7. The number of nitro groups is 1. The fourth-order valence-corrected chi connectivity index (χ4v) is 1.97. The lowest BCUT2D eigenvalue weighted by molar-refractivity contribution is -0.385. The monoisotopic (exact) mass is 322 g/mol. The topological polar surface area (TPSA) is 134 Å². The standard InChI is InChI=1S/C12H14N6O5/c1-7-9(18(21)22)5-14-17(7)6-10(19)15-8-4-13-16(2)11(8)12(20)23-3/h4-5H,6H2,1-3H3,(H,15,19). The van der Waals surface area contributed by atoms with Crippen LogP contribution >= 0.6 is 0 Å². The van der Waals surface area contributed by atoms with Gasteiger partial charge in [-0.2, -0.15) is 10.2 Å². The van der Waals surface area contributed by atoms with Crippen LogP contribution in [0.4, 0.5) is 11.4 Å². The molecule has 11 nitrogen and oxygen atoms in total. The second-order valence-electron chi connectivity index (χ2n) is 4.60. The molecule has 0 unspecified atom stereocenters. The number of aromatic nitrogens is 4. The predicted molar refractivity (Wildman–Crippen MR) is 76.8 cm³/mol. The summed E-state index contributed by atoms with van der Waals surface area (Å²) in [5.74, 6) is -1.16. The minimum absolute atomic E-state index is 0.0871. The fraction of sp³-hybridized carbons (Fsp3) is 0.333. The fourth-order valence-electron chi connectivity index (χ4n) is 1.97. The molecule has 1 amide bonds. The zero-order chi connectivity index (χ0) is 17.1. The number of anilines is 1. The maximum absolute atomic E-state index is 12.1. The van der Waals surface area contributed by atoms with E-state index >= 15 is 0 Å². The Morgan fingerprint density at radius 1 is 1.39 bits per heavy atom. The molecule has 23 heavy (non-hydrogen) atoms. The van der Waals surface area contributed by atoms with Crippen LogP contribution in [-0.2, 0) is 23.1 Å². The summed E-state index contributed by atoms with van der Waals surface area (Å²) in [6.45, 7) is 1.25. The van der Waals surface area contributed by atoms with E-state index in [1.165, 1.54) is 36.6 Å². The van der Waals surface area contributed by atoms with Gasteiger partial charge in [0.1, 0.15) is 18.4 Å². The van der Waals surface area contributed by atoms with Crippen molar-refractivity contribution in [2.75, 3.05) is 12.4 Å². The Labute approximate surface area is 130 Å². The molecule has 0 atom stereocenters. The lowest BCUT2D eigenvalue weighted by atomic mass is 10.3. The minimum Gasteiger partial charge on any atom is -0.464 e. The lowest BCUT2D eigenvalue weighted by Gasteiger charge is -2.07. The highest BCUT2D eigenvalue weighted by Crippen LogP contribution is 2.17. The van der Waals surface area contributed by atoms with Crippen LogP contribution in [0.1, 0.15) is 16.2 Å². The smallest absolute Gasteiger partial charge is 0.358 e. The molecule has 0 saturated carbocycles. The molecule has 0 spiro atoms. The number of rotatable bonds is 5. The van der Waals surface area contributed by atoms with Gasteiger partial charge in [0.2, 0.25) is 5.91 Å². The van der Waals surface area contributed by atoms with Crippen molar-refractivity contribution in [1.29, 1.82) is 0 Å². The van der Waals surface area contributed by atoms with Crippen molar-refractivity contribution in [1.82, 2.24) is 19.6 Å². The van der Waals surface area contributed by atoms with Crippen LogP contribution in [0, 0.1) is 17.0 Å². The van der Waals surface area contributed by atoms with E-state index < -0.39 is 16.8 Å². The van der Waals surface area contributed by atoms with E-state index in [1.807, 2.05) is 0 Å². The average Bonchev–Trinajstić information content (AvgIpc) is 3.02. The van der Waals surface area contributed by atoms with Crippen LogP contribution in [0.15, 0.2) is 12.4 Å². The number of ether oxygens (including phenoxy) is 1. The highest BCUT2D eigenvalue weighted by molar-refractivity contribution is 5.99. The number of nitrogens with zero attached hydrogens (tertiary/aromatic N) is 5. The number of aryl methyl sites for hydroxylation is 1. The molecule has 11 heteroatoms. The average molecular weight is 322 g/mol. The van der Waals surface area contributed by atoms with Gasteiger partial charge >= 0.3 is 11.7 Å². The quantitative estimate of drug-likeness (QED) is 0.474. The zero-order valence-electron chi connectivity index (χ0n) is 12.6. The molecular formula is C12H14N6O5. The summed E-state index contributed by atoms with van der Waals surface area (Å²) in [6, 6.07) is 0. The van der Waals surface area contributed by atoms with Crippen LogP contribution in [0.5, 0.6) is 0 Å². The number of esters is 1. The predicted octanol–water partition coefficient (Wildman–Crippen LogP) is 0.259. The largest absolute Gasteiger partial charge is 0.464 e. The van der Waals surface area contributed by atoms with Gasteiger partial charge in [0, 0.05) is 7.05 Å². The second kappa shape index (κ2) is 6.25. The molecule has 122 valence electrons. The van der Waals surface area contributed by atoms with E-state index in [0.717, 1.165) is 6.20 Å². The van der Waals surface area contributed by atoms with Gasteiger partial charge < -0.3 is 10.1 Å². The van der Waals surface area contributed by atoms with Crippen LogP contribution in [0.2, 0.25) is 0 Å². The number of hydrogen-bond donors (Lipinski definition) is 1. The lowest BCUT2D eigenvalue weighted by Crippen LogP contribution is -2.22. The Bertz CT molecular complexity index is 777. The van der Waals surface area contributed by atoms with E-state index in [0.29, 0.717) is 0 Å². The van der Waals surface area contributed by atoms with Crippen molar-refractivity contribution in [3.63, 3.8) is 0 Å². The van der Waals surface area contributed by atoms with Gasteiger partial charge in [0.05, 0.1) is 23.9 Å². The Kier molecular flexibility index (Phi) is 4.39. The molecule has 0 radical (unpaired) electrons. The van der Waals surface area contributed by atoms with Gasteiger partial charge in [-0.25, -0.2) is 4.79 Å². The van der Waals surface area contributed by atoms with Crippen molar-refractivity contribution in [2.45, 2.75) is 13.5 Å². The van der Waals surface area contributed by atoms with Gasteiger partial charge in [-0.15, -0.1) is 0 Å². The molecule has 0 bridgehead atoms. The summed E-state index contributed by atoms with van der Waals surface area (Å²) < 4.78 is 7.09. The van der Waals surface area contributed by atoms with Crippen LogP contribution < -0.4 is 5.32 Å². The Morgan fingerprint density at radius 2 is 2.09 bits per heavy atom. The number of methoxy groups -OCH3 is 1. The highest BCUT2D eigenvalue weighted by atomic mass is 16.6. The molecule has 2 heterocycles. The van der Waals surface area contributed by atoms with Crippen molar-refractivity contribution in [3.05, 3.63) is 33.9 Å². The van der Waals surface area contributed by atoms with Gasteiger partial charge in [0.15, 0.2) is 5.69 Å². The first-order chi connectivity index (χ1) is 10.8. The van der Waals surface area contributed by atoms with Gasteiger partial charge in [-0.3, -0.25) is 24.3 Å². The molecule has 2 aromatic heterocycles. The normalized spacial score (nSPS) is 10.4. The van der Waals surface area contributed by atoms with Crippen LogP contribution in [0.3, 0.4) is 0 Å². The molecule has 2 rings (SSSR count). The number of nitrogens with one attached hydrogen (secondary N) is 1. The van der Waals surface area contributed by atoms with Gasteiger partial charge in [0.25, 0.3) is 0 Å². The maximum Gasteiger partial charge on any atom is 0.358 e. The molecule has 0 aliphatic heterocycles. The first-order valence-electron chi connectivity index (χ1n) is 6.42. The Balaban J connectivity index is 2.15. The third-order valence-corrected chi connectivity index (χ3v) is 3.16. The third kappa shape index (κ3) is 3.17. The third-order valence-electron chi connectivity index (χ3n) is 3.16. The summed E-state index contributed by atoms with van der Waals surface area (Å²) in [7, 11) is 2.75.